The van der Waals surface area contributed by atoms with E-state index in [1.54, 1.807) is 13.8 Å². The third-order valence-electron chi connectivity index (χ3n) is 4.50. The first-order valence-electron chi connectivity index (χ1n) is 9.68. The lowest BCUT2D eigenvalue weighted by molar-refractivity contribution is -0.143. The van der Waals surface area contributed by atoms with Crippen molar-refractivity contribution in [3.05, 3.63) is 0 Å². The number of rotatable bonds is 15. The van der Waals surface area contributed by atoms with E-state index >= 15 is 0 Å². The number of hydrogen-bond acceptors (Lipinski definition) is 7. The molecule has 0 aliphatic carbocycles. The molecule has 4 atom stereocenters. The number of carbonyl (C=O) groups excluding carboxylic acids is 3. The summed E-state index contributed by atoms with van der Waals surface area (Å²) in [5.74, 6) is -6.46. The summed E-state index contributed by atoms with van der Waals surface area (Å²) in [4.78, 5) is 69.1. The van der Waals surface area contributed by atoms with Crippen LogP contribution >= 0.6 is 0 Å². The highest BCUT2D eigenvalue weighted by atomic mass is 16.4. The zero-order valence-electron chi connectivity index (χ0n) is 17.4. The van der Waals surface area contributed by atoms with Crippen molar-refractivity contribution >= 4 is 35.6 Å². The van der Waals surface area contributed by atoms with E-state index in [1.807, 2.05) is 0 Å². The standard InChI is InChI=1S/C18H30N4O9/c1-3-9(2)15(18(30)31)22-12(23)8-20-17(29)11(5-7-14(26)27)21-16(28)10(19)4-6-13(24)25/h9-11,15H,3-8,19H2,1-2H3,(H,20,29)(H,21,28)(H,22,23)(H,24,25)(H,26,27)(H,30,31). The molecule has 4 unspecified atom stereocenters. The van der Waals surface area contributed by atoms with Crippen LogP contribution in [0.4, 0.5) is 0 Å². The molecule has 13 nitrogen and oxygen atoms in total. The molecule has 0 saturated heterocycles. The summed E-state index contributed by atoms with van der Waals surface area (Å²) < 4.78 is 0. The van der Waals surface area contributed by atoms with Gasteiger partial charge in [-0.1, -0.05) is 20.3 Å². The minimum Gasteiger partial charge on any atom is -0.481 e. The van der Waals surface area contributed by atoms with Gasteiger partial charge in [0.1, 0.15) is 12.1 Å². The molecule has 8 N–H and O–H groups in total. The molecule has 0 saturated carbocycles. The lowest BCUT2D eigenvalue weighted by atomic mass is 9.99. The lowest BCUT2D eigenvalue weighted by Crippen LogP contribution is -2.54. The van der Waals surface area contributed by atoms with E-state index in [0.717, 1.165) is 0 Å². The number of aliphatic carboxylic acids is 3. The van der Waals surface area contributed by atoms with Gasteiger partial charge < -0.3 is 37.0 Å². The zero-order valence-corrected chi connectivity index (χ0v) is 17.4. The van der Waals surface area contributed by atoms with Gasteiger partial charge in [-0.15, -0.1) is 0 Å². The summed E-state index contributed by atoms with van der Waals surface area (Å²) in [5.41, 5.74) is 5.57. The summed E-state index contributed by atoms with van der Waals surface area (Å²) in [7, 11) is 0. The van der Waals surface area contributed by atoms with Gasteiger partial charge in [0.15, 0.2) is 0 Å². The molecule has 0 spiro atoms. The minimum absolute atomic E-state index is 0.191. The van der Waals surface area contributed by atoms with Gasteiger partial charge in [0, 0.05) is 12.8 Å². The SMILES string of the molecule is CCC(C)C(NC(=O)CNC(=O)C(CCC(=O)O)NC(=O)C(N)CCC(=O)O)C(=O)O. The number of nitrogens with one attached hydrogen (secondary N) is 3. The highest BCUT2D eigenvalue weighted by Gasteiger charge is 2.27. The normalized spacial score (nSPS) is 14.4. The van der Waals surface area contributed by atoms with Crippen LogP contribution in [0, 0.1) is 5.92 Å². The monoisotopic (exact) mass is 446 g/mol. The fourth-order valence-electron chi connectivity index (χ4n) is 2.42. The van der Waals surface area contributed by atoms with Crippen LogP contribution in [0.25, 0.3) is 0 Å². The summed E-state index contributed by atoms with van der Waals surface area (Å²) >= 11 is 0. The van der Waals surface area contributed by atoms with Crippen LogP contribution in [0.15, 0.2) is 0 Å². The summed E-state index contributed by atoms with van der Waals surface area (Å²) in [6.45, 7) is 2.80. The number of carbonyl (C=O) groups is 6. The van der Waals surface area contributed by atoms with Crippen molar-refractivity contribution < 1.29 is 44.1 Å². The molecular formula is C18H30N4O9. The Morgan fingerprint density at radius 3 is 1.90 bits per heavy atom. The van der Waals surface area contributed by atoms with E-state index in [1.165, 1.54) is 0 Å². The maximum absolute atomic E-state index is 12.3. The molecule has 0 aliphatic heterocycles. The first kappa shape index (κ1) is 27.8. The molecule has 0 rings (SSSR count). The van der Waals surface area contributed by atoms with Crippen LogP contribution in [-0.2, 0) is 28.8 Å². The molecule has 0 heterocycles. The Bertz CT molecular complexity index is 683. The van der Waals surface area contributed by atoms with E-state index in [-0.39, 0.29) is 25.2 Å². The molecule has 0 aliphatic rings. The average molecular weight is 446 g/mol. The van der Waals surface area contributed by atoms with Gasteiger partial charge in [0.05, 0.1) is 12.6 Å². The van der Waals surface area contributed by atoms with Gasteiger partial charge in [-0.2, -0.15) is 0 Å². The summed E-state index contributed by atoms with van der Waals surface area (Å²) in [6.07, 6.45) is -0.839. The van der Waals surface area contributed by atoms with Crippen molar-refractivity contribution in [2.75, 3.05) is 6.54 Å². The Labute approximate surface area is 178 Å². The van der Waals surface area contributed by atoms with E-state index in [4.69, 9.17) is 15.9 Å². The van der Waals surface area contributed by atoms with Gasteiger partial charge in [0.25, 0.3) is 0 Å². The first-order valence-corrected chi connectivity index (χ1v) is 9.68. The van der Waals surface area contributed by atoms with Crippen molar-refractivity contribution in [3.8, 4) is 0 Å². The number of nitrogens with two attached hydrogens (primary N) is 1. The van der Waals surface area contributed by atoms with Crippen molar-refractivity contribution in [1.29, 1.82) is 0 Å². The van der Waals surface area contributed by atoms with Crippen LogP contribution in [0.3, 0.4) is 0 Å². The van der Waals surface area contributed by atoms with Crippen molar-refractivity contribution in [2.24, 2.45) is 11.7 Å². The van der Waals surface area contributed by atoms with Gasteiger partial charge in [-0.3, -0.25) is 24.0 Å². The van der Waals surface area contributed by atoms with Crippen LogP contribution in [0.1, 0.15) is 46.0 Å². The van der Waals surface area contributed by atoms with E-state index < -0.39 is 66.7 Å². The molecule has 31 heavy (non-hydrogen) atoms. The van der Waals surface area contributed by atoms with E-state index in [0.29, 0.717) is 6.42 Å². The van der Waals surface area contributed by atoms with Crippen LogP contribution in [-0.4, -0.2) is 75.6 Å². The molecular weight excluding hydrogens is 416 g/mol. The van der Waals surface area contributed by atoms with E-state index in [2.05, 4.69) is 16.0 Å². The molecule has 0 bridgehead atoms. The third-order valence-corrected chi connectivity index (χ3v) is 4.50. The topological polar surface area (TPSA) is 225 Å². The second kappa shape index (κ2) is 13.9. The number of hydrogen-bond donors (Lipinski definition) is 7. The molecule has 0 aromatic rings. The van der Waals surface area contributed by atoms with Gasteiger partial charge in [-0.25, -0.2) is 4.79 Å². The Morgan fingerprint density at radius 2 is 1.42 bits per heavy atom. The molecule has 0 aromatic heterocycles. The molecule has 0 aromatic carbocycles. The van der Waals surface area contributed by atoms with Gasteiger partial charge in [0.2, 0.25) is 17.7 Å². The molecule has 176 valence electrons. The minimum atomic E-state index is -1.34. The second-order valence-corrected chi connectivity index (χ2v) is 7.02. The Balaban J connectivity index is 4.95. The zero-order chi connectivity index (χ0) is 24.1. The quantitative estimate of drug-likeness (QED) is 0.150. The van der Waals surface area contributed by atoms with Crippen LogP contribution in [0.5, 0.6) is 0 Å². The van der Waals surface area contributed by atoms with Crippen LogP contribution in [0.2, 0.25) is 0 Å². The average Bonchev–Trinajstić information content (AvgIpc) is 2.69. The first-order chi connectivity index (χ1) is 14.4. The maximum atomic E-state index is 12.3. The van der Waals surface area contributed by atoms with Gasteiger partial charge >= 0.3 is 17.9 Å². The highest BCUT2D eigenvalue weighted by Crippen LogP contribution is 2.07. The number of carboxylic acids is 3. The summed E-state index contributed by atoms with van der Waals surface area (Å²) in [5, 5.41) is 33.4. The lowest BCUT2D eigenvalue weighted by Gasteiger charge is -2.22. The maximum Gasteiger partial charge on any atom is 0.326 e. The fourth-order valence-corrected chi connectivity index (χ4v) is 2.42. The van der Waals surface area contributed by atoms with Crippen molar-refractivity contribution in [2.45, 2.75) is 64.1 Å². The Kier molecular flexibility index (Phi) is 12.5. The van der Waals surface area contributed by atoms with Gasteiger partial charge in [-0.05, 0) is 18.8 Å². The molecule has 0 fully saturated rings. The van der Waals surface area contributed by atoms with Crippen molar-refractivity contribution in [3.63, 3.8) is 0 Å². The second-order valence-electron chi connectivity index (χ2n) is 7.02. The van der Waals surface area contributed by atoms with E-state index in [9.17, 15) is 33.9 Å². The predicted molar refractivity (Wildman–Crippen MR) is 106 cm³/mol. The van der Waals surface area contributed by atoms with Crippen LogP contribution < -0.4 is 21.7 Å². The fraction of sp³-hybridized carbons (Fsp3) is 0.667. The smallest absolute Gasteiger partial charge is 0.326 e. The molecule has 3 amide bonds. The highest BCUT2D eigenvalue weighted by molar-refractivity contribution is 5.93. The van der Waals surface area contributed by atoms with Crippen molar-refractivity contribution in [1.82, 2.24) is 16.0 Å². The molecule has 0 radical (unpaired) electrons. The summed E-state index contributed by atoms with van der Waals surface area (Å²) in [6, 6.07) is -3.72. The largest absolute Gasteiger partial charge is 0.481 e. The number of carboxylic acid groups (broad SMARTS) is 3. The third kappa shape index (κ3) is 11.5. The predicted octanol–water partition coefficient (Wildman–Crippen LogP) is -1.74. The Hall–Kier alpha value is -3.22. The Morgan fingerprint density at radius 1 is 0.871 bits per heavy atom. The molecule has 13 heteroatoms. The number of amides is 3.